The maximum absolute atomic E-state index is 12.8. The van der Waals surface area contributed by atoms with Gasteiger partial charge in [-0.05, 0) is 38.0 Å². The molecule has 4 rings (SSSR count). The number of nitrogens with zero attached hydrogens (tertiary/aromatic N) is 4. The average Bonchev–Trinajstić information content (AvgIpc) is 3.24. The van der Waals surface area contributed by atoms with E-state index in [0.29, 0.717) is 11.6 Å². The molecule has 122 valence electrons. The Hall–Kier alpha value is -2.18. The van der Waals surface area contributed by atoms with E-state index < -0.39 is 0 Å². The van der Waals surface area contributed by atoms with Gasteiger partial charge in [0.15, 0.2) is 11.5 Å². The second-order valence-corrected chi connectivity index (χ2v) is 6.73. The van der Waals surface area contributed by atoms with Crippen LogP contribution in [0.5, 0.6) is 0 Å². The fraction of sp³-hybridized carbons (Fsp3) is 0.625. The lowest BCUT2D eigenvalue weighted by Crippen LogP contribution is -2.38. The first kappa shape index (κ1) is 14.4. The molecular formula is C16H21N5O2. The second kappa shape index (κ2) is 5.79. The predicted molar refractivity (Wildman–Crippen MR) is 82.0 cm³/mol. The van der Waals surface area contributed by atoms with E-state index in [4.69, 9.17) is 4.52 Å². The van der Waals surface area contributed by atoms with Crippen LogP contribution in [0.3, 0.4) is 0 Å². The lowest BCUT2D eigenvalue weighted by molar-refractivity contribution is 0.0703. The van der Waals surface area contributed by atoms with Crippen LogP contribution in [-0.2, 0) is 12.8 Å². The third-order valence-corrected chi connectivity index (χ3v) is 5.12. The maximum Gasteiger partial charge on any atom is 0.274 e. The Kier molecular flexibility index (Phi) is 3.63. The Balaban J connectivity index is 1.46. The van der Waals surface area contributed by atoms with Crippen molar-refractivity contribution < 1.29 is 9.32 Å². The second-order valence-electron chi connectivity index (χ2n) is 6.73. The molecule has 0 radical (unpaired) electrons. The van der Waals surface area contributed by atoms with E-state index in [1.165, 1.54) is 12.8 Å². The number of H-pyrrole nitrogens is 1. The summed E-state index contributed by atoms with van der Waals surface area (Å²) in [4.78, 5) is 18.9. The number of rotatable bonds is 2. The minimum Gasteiger partial charge on any atom is -0.343 e. The van der Waals surface area contributed by atoms with Gasteiger partial charge in [-0.1, -0.05) is 12.1 Å². The monoisotopic (exact) mass is 315 g/mol. The quantitative estimate of drug-likeness (QED) is 0.915. The largest absolute Gasteiger partial charge is 0.343 e. The van der Waals surface area contributed by atoms with Crippen LogP contribution in [-0.4, -0.2) is 44.2 Å². The fourth-order valence-corrected chi connectivity index (χ4v) is 3.70. The van der Waals surface area contributed by atoms with Crippen molar-refractivity contribution in [2.75, 3.05) is 13.1 Å². The van der Waals surface area contributed by atoms with E-state index in [9.17, 15) is 4.79 Å². The molecule has 0 aromatic carbocycles. The molecule has 0 unspecified atom stereocenters. The summed E-state index contributed by atoms with van der Waals surface area (Å²) >= 11 is 0. The zero-order valence-corrected chi connectivity index (χ0v) is 13.3. The highest BCUT2D eigenvalue weighted by molar-refractivity contribution is 5.94. The number of carbonyl (C=O) groups excluding carboxylic acids is 1. The summed E-state index contributed by atoms with van der Waals surface area (Å²) in [5.41, 5.74) is 2.91. The highest BCUT2D eigenvalue weighted by Gasteiger charge is 2.31. The minimum atomic E-state index is 0.0585. The van der Waals surface area contributed by atoms with Gasteiger partial charge >= 0.3 is 0 Å². The third kappa shape index (κ3) is 2.64. The number of hydrogen-bond acceptors (Lipinski definition) is 5. The molecule has 1 saturated heterocycles. The Labute approximate surface area is 134 Å². The van der Waals surface area contributed by atoms with E-state index in [1.807, 2.05) is 4.90 Å². The first-order valence-electron chi connectivity index (χ1n) is 8.34. The molecule has 23 heavy (non-hydrogen) atoms. The number of hydrogen-bond donors (Lipinski definition) is 1. The summed E-state index contributed by atoms with van der Waals surface area (Å²) in [5, 5.41) is 11.3. The SMILES string of the molecule is C[C@@H]1CCc2[nH]nc(C(=O)N3CCC(c4ncon4)CC3)c2C1. The average molecular weight is 315 g/mol. The maximum atomic E-state index is 12.8. The summed E-state index contributed by atoms with van der Waals surface area (Å²) in [6.45, 7) is 3.67. The molecule has 0 spiro atoms. The molecule has 0 saturated carbocycles. The molecule has 7 nitrogen and oxygen atoms in total. The Morgan fingerprint density at radius 3 is 2.91 bits per heavy atom. The number of likely N-dealkylation sites (tertiary alicyclic amines) is 1. The molecule has 7 heteroatoms. The fourth-order valence-electron chi connectivity index (χ4n) is 3.70. The predicted octanol–water partition coefficient (Wildman–Crippen LogP) is 1.94. The molecular weight excluding hydrogens is 294 g/mol. The van der Waals surface area contributed by atoms with Crippen LogP contribution in [0.2, 0.25) is 0 Å². The van der Waals surface area contributed by atoms with Crippen LogP contribution >= 0.6 is 0 Å². The molecule has 1 amide bonds. The van der Waals surface area contributed by atoms with E-state index in [0.717, 1.165) is 55.9 Å². The smallest absolute Gasteiger partial charge is 0.274 e. The molecule has 1 aliphatic heterocycles. The molecule has 1 fully saturated rings. The van der Waals surface area contributed by atoms with E-state index in [2.05, 4.69) is 27.3 Å². The van der Waals surface area contributed by atoms with Crippen molar-refractivity contribution in [2.24, 2.45) is 5.92 Å². The molecule has 1 aliphatic carbocycles. The van der Waals surface area contributed by atoms with Crippen LogP contribution in [0.1, 0.15) is 59.7 Å². The van der Waals surface area contributed by atoms with Crippen molar-refractivity contribution in [3.05, 3.63) is 29.2 Å². The summed E-state index contributed by atoms with van der Waals surface area (Å²) in [7, 11) is 0. The zero-order chi connectivity index (χ0) is 15.8. The van der Waals surface area contributed by atoms with Crippen LogP contribution in [0.4, 0.5) is 0 Å². The van der Waals surface area contributed by atoms with Gasteiger partial charge in [-0.3, -0.25) is 9.89 Å². The van der Waals surface area contributed by atoms with Gasteiger partial charge in [0, 0.05) is 30.3 Å². The number of piperidine rings is 1. The molecule has 1 atom stereocenters. The third-order valence-electron chi connectivity index (χ3n) is 5.12. The molecule has 2 aliphatic rings. The van der Waals surface area contributed by atoms with Crippen LogP contribution < -0.4 is 0 Å². The van der Waals surface area contributed by atoms with E-state index in [-0.39, 0.29) is 11.8 Å². The van der Waals surface area contributed by atoms with Crippen molar-refractivity contribution in [1.82, 2.24) is 25.2 Å². The number of aromatic amines is 1. The molecule has 2 aromatic heterocycles. The van der Waals surface area contributed by atoms with Gasteiger partial charge in [0.2, 0.25) is 6.39 Å². The number of fused-ring (bicyclic) bond motifs is 1. The Morgan fingerprint density at radius 2 is 2.17 bits per heavy atom. The van der Waals surface area contributed by atoms with Gasteiger partial charge in [0.1, 0.15) is 0 Å². The van der Waals surface area contributed by atoms with E-state index >= 15 is 0 Å². The van der Waals surface area contributed by atoms with E-state index in [1.54, 1.807) is 0 Å². The van der Waals surface area contributed by atoms with Crippen molar-refractivity contribution in [2.45, 2.75) is 44.9 Å². The molecule has 0 bridgehead atoms. The lowest BCUT2D eigenvalue weighted by Gasteiger charge is -2.30. The number of amides is 1. The van der Waals surface area contributed by atoms with Gasteiger partial charge in [-0.25, -0.2) is 0 Å². The molecule has 3 heterocycles. The van der Waals surface area contributed by atoms with Crippen LogP contribution in [0.25, 0.3) is 0 Å². The number of carbonyl (C=O) groups is 1. The van der Waals surface area contributed by atoms with Gasteiger partial charge in [0.25, 0.3) is 5.91 Å². The zero-order valence-electron chi connectivity index (χ0n) is 13.3. The Morgan fingerprint density at radius 1 is 1.35 bits per heavy atom. The summed E-state index contributed by atoms with van der Waals surface area (Å²) in [6, 6.07) is 0. The van der Waals surface area contributed by atoms with Crippen molar-refractivity contribution in [1.29, 1.82) is 0 Å². The normalized spacial score (nSPS) is 22.1. The number of aryl methyl sites for hydroxylation is 1. The number of aromatic nitrogens is 4. The van der Waals surface area contributed by atoms with Crippen molar-refractivity contribution in [3.8, 4) is 0 Å². The van der Waals surface area contributed by atoms with Gasteiger partial charge in [-0.2, -0.15) is 10.1 Å². The lowest BCUT2D eigenvalue weighted by atomic mass is 9.87. The van der Waals surface area contributed by atoms with Crippen LogP contribution in [0, 0.1) is 5.92 Å². The molecule has 1 N–H and O–H groups in total. The van der Waals surface area contributed by atoms with Crippen LogP contribution in [0.15, 0.2) is 10.9 Å². The minimum absolute atomic E-state index is 0.0585. The van der Waals surface area contributed by atoms with Crippen molar-refractivity contribution in [3.63, 3.8) is 0 Å². The summed E-state index contributed by atoms with van der Waals surface area (Å²) in [6.07, 6.45) is 6.22. The highest BCUT2D eigenvalue weighted by Crippen LogP contribution is 2.29. The number of nitrogens with one attached hydrogen (secondary N) is 1. The highest BCUT2D eigenvalue weighted by atomic mass is 16.5. The first-order chi connectivity index (χ1) is 11.2. The summed E-state index contributed by atoms with van der Waals surface area (Å²) in [5.74, 6) is 1.72. The standard InChI is InChI=1S/C16H21N5O2/c1-10-2-3-13-12(8-10)14(19-18-13)16(22)21-6-4-11(5-7-21)15-17-9-23-20-15/h9-11H,2-8H2,1H3,(H,18,19)/t10-/m1/s1. The Bertz CT molecular complexity index is 685. The van der Waals surface area contributed by atoms with Gasteiger partial charge in [-0.15, -0.1) is 0 Å². The topological polar surface area (TPSA) is 87.9 Å². The van der Waals surface area contributed by atoms with Gasteiger partial charge < -0.3 is 9.42 Å². The summed E-state index contributed by atoms with van der Waals surface area (Å²) < 4.78 is 4.82. The first-order valence-corrected chi connectivity index (χ1v) is 8.34. The van der Waals surface area contributed by atoms with Gasteiger partial charge in [0.05, 0.1) is 0 Å². The molecule has 2 aromatic rings. The van der Waals surface area contributed by atoms with Crippen molar-refractivity contribution >= 4 is 5.91 Å².